The molecule has 0 unspecified atom stereocenters. The van der Waals surface area contributed by atoms with Gasteiger partial charge in [0.25, 0.3) is 6.43 Å². The van der Waals surface area contributed by atoms with Crippen LogP contribution in [0.1, 0.15) is 17.6 Å². The predicted octanol–water partition coefficient (Wildman–Crippen LogP) is 3.95. The number of pyridine rings is 1. The molecule has 114 valence electrons. The Balaban J connectivity index is 3.57. The summed E-state index contributed by atoms with van der Waals surface area (Å²) < 4.78 is 107. The lowest BCUT2D eigenvalue weighted by Crippen LogP contribution is -2.21. The second-order valence-electron chi connectivity index (χ2n) is 3.27. The van der Waals surface area contributed by atoms with Crippen molar-refractivity contribution >= 4 is 0 Å². The Morgan fingerprint density at radius 1 is 1.10 bits per heavy atom. The van der Waals surface area contributed by atoms with E-state index >= 15 is 0 Å². The Labute approximate surface area is 106 Å². The van der Waals surface area contributed by atoms with E-state index in [1.807, 2.05) is 0 Å². The highest BCUT2D eigenvalue weighted by Gasteiger charge is 2.44. The van der Waals surface area contributed by atoms with Gasteiger partial charge in [-0.3, -0.25) is 0 Å². The number of methoxy groups -OCH3 is 1. The van der Waals surface area contributed by atoms with Gasteiger partial charge in [0.1, 0.15) is 11.3 Å². The molecule has 0 atom stereocenters. The number of alkyl halides is 8. The summed E-state index contributed by atoms with van der Waals surface area (Å²) >= 11 is 0. The Morgan fingerprint density at radius 2 is 1.65 bits per heavy atom. The lowest BCUT2D eigenvalue weighted by molar-refractivity contribution is -0.277. The van der Waals surface area contributed by atoms with Crippen molar-refractivity contribution < 1.29 is 44.6 Å². The molecule has 0 aliphatic carbocycles. The van der Waals surface area contributed by atoms with Gasteiger partial charge >= 0.3 is 12.5 Å². The molecule has 20 heavy (non-hydrogen) atoms. The third-order valence-electron chi connectivity index (χ3n) is 1.98. The van der Waals surface area contributed by atoms with Gasteiger partial charge < -0.3 is 9.47 Å². The number of hydrogen-bond donors (Lipinski definition) is 0. The lowest BCUT2D eigenvalue weighted by Gasteiger charge is -2.19. The quantitative estimate of drug-likeness (QED) is 0.792. The Bertz CT molecular complexity index is 482. The van der Waals surface area contributed by atoms with E-state index in [1.165, 1.54) is 0 Å². The summed E-state index contributed by atoms with van der Waals surface area (Å²) in [5.74, 6) is -3.01. The predicted molar refractivity (Wildman–Crippen MR) is 47.4 cm³/mol. The maximum absolute atomic E-state index is 12.7. The molecule has 11 heteroatoms. The molecule has 0 aliphatic heterocycles. The number of nitrogens with zero attached hydrogens (tertiary/aromatic N) is 1. The third-order valence-corrected chi connectivity index (χ3v) is 1.98. The van der Waals surface area contributed by atoms with E-state index in [-0.39, 0.29) is 6.20 Å². The fraction of sp³-hybridized carbons (Fsp3) is 0.444. The van der Waals surface area contributed by atoms with Crippen molar-refractivity contribution in [2.24, 2.45) is 0 Å². The molecule has 0 bridgehead atoms. The number of hydrogen-bond acceptors (Lipinski definition) is 3. The van der Waals surface area contributed by atoms with Crippen LogP contribution in [0.4, 0.5) is 35.1 Å². The Morgan fingerprint density at radius 3 is 2.00 bits per heavy atom. The molecule has 0 spiro atoms. The number of ether oxygens (including phenoxy) is 2. The van der Waals surface area contributed by atoms with E-state index in [1.54, 1.807) is 0 Å². The van der Waals surface area contributed by atoms with Crippen LogP contribution in [0.5, 0.6) is 11.6 Å². The second kappa shape index (κ2) is 5.29. The van der Waals surface area contributed by atoms with Crippen LogP contribution in [-0.2, 0) is 6.18 Å². The van der Waals surface area contributed by atoms with Crippen molar-refractivity contribution in [3.63, 3.8) is 0 Å². The highest BCUT2D eigenvalue weighted by molar-refractivity contribution is 5.46. The molecule has 1 aromatic heterocycles. The number of rotatable bonds is 3. The Kier molecular flexibility index (Phi) is 4.30. The summed E-state index contributed by atoms with van der Waals surface area (Å²) in [6.45, 7) is 0. The van der Waals surface area contributed by atoms with Gasteiger partial charge in [0.05, 0.1) is 18.9 Å². The van der Waals surface area contributed by atoms with Crippen LogP contribution < -0.4 is 9.47 Å². The zero-order chi connectivity index (χ0) is 15.7. The summed E-state index contributed by atoms with van der Waals surface area (Å²) in [7, 11) is 0.728. The molecule has 0 N–H and O–H groups in total. The monoisotopic (exact) mass is 311 g/mol. The normalized spacial score (nSPS) is 12.7. The van der Waals surface area contributed by atoms with Crippen molar-refractivity contribution in [1.29, 1.82) is 0 Å². The molecule has 0 fully saturated rings. The highest BCUT2D eigenvalue weighted by Crippen LogP contribution is 2.45. The van der Waals surface area contributed by atoms with Crippen molar-refractivity contribution in [2.75, 3.05) is 7.11 Å². The van der Waals surface area contributed by atoms with Crippen LogP contribution in [0.2, 0.25) is 0 Å². The molecule has 1 rings (SSSR count). The van der Waals surface area contributed by atoms with Crippen molar-refractivity contribution in [2.45, 2.75) is 19.0 Å². The van der Waals surface area contributed by atoms with Gasteiger partial charge in [-0.1, -0.05) is 0 Å². The van der Waals surface area contributed by atoms with Crippen LogP contribution in [0.25, 0.3) is 0 Å². The molecule has 0 radical (unpaired) electrons. The van der Waals surface area contributed by atoms with Crippen molar-refractivity contribution in [1.82, 2.24) is 4.98 Å². The maximum Gasteiger partial charge on any atom is 0.574 e. The van der Waals surface area contributed by atoms with Crippen LogP contribution in [0.3, 0.4) is 0 Å². The molecule has 0 saturated heterocycles. The average molecular weight is 311 g/mol. The van der Waals surface area contributed by atoms with Crippen LogP contribution in [0.15, 0.2) is 6.20 Å². The first-order valence-electron chi connectivity index (χ1n) is 4.65. The summed E-state index contributed by atoms with van der Waals surface area (Å²) in [6.07, 6.45) is -14.5. The second-order valence-corrected chi connectivity index (χ2v) is 3.27. The van der Waals surface area contributed by atoms with Gasteiger partial charge in [-0.2, -0.15) is 13.2 Å². The molecule has 1 aromatic rings. The Hall–Kier alpha value is -1.81. The van der Waals surface area contributed by atoms with Crippen LogP contribution in [0, 0.1) is 0 Å². The molecule has 3 nitrogen and oxygen atoms in total. The van der Waals surface area contributed by atoms with E-state index in [0.717, 1.165) is 7.11 Å². The number of halogens is 8. The summed E-state index contributed by atoms with van der Waals surface area (Å²) in [6, 6.07) is 0. The van der Waals surface area contributed by atoms with Gasteiger partial charge in [-0.25, -0.2) is 13.8 Å². The minimum Gasteiger partial charge on any atom is -0.494 e. The first-order valence-corrected chi connectivity index (χ1v) is 4.65. The lowest BCUT2D eigenvalue weighted by atomic mass is 10.1. The van der Waals surface area contributed by atoms with E-state index in [9.17, 15) is 35.1 Å². The van der Waals surface area contributed by atoms with E-state index in [4.69, 9.17) is 0 Å². The van der Waals surface area contributed by atoms with E-state index in [2.05, 4.69) is 14.5 Å². The molecule has 1 heterocycles. The average Bonchev–Trinajstić information content (AvgIpc) is 2.24. The smallest absolute Gasteiger partial charge is 0.494 e. The molecular formula is C9H5F8NO2. The van der Waals surface area contributed by atoms with Crippen molar-refractivity contribution in [3.05, 3.63) is 17.3 Å². The fourth-order valence-corrected chi connectivity index (χ4v) is 1.33. The summed E-state index contributed by atoms with van der Waals surface area (Å²) in [4.78, 5) is 2.78. The minimum atomic E-state index is -5.46. The molecule has 0 aromatic carbocycles. The van der Waals surface area contributed by atoms with Gasteiger partial charge in [-0.05, 0) is 0 Å². The third kappa shape index (κ3) is 3.61. The summed E-state index contributed by atoms with van der Waals surface area (Å²) in [5, 5.41) is 0. The molecule has 0 saturated carbocycles. The number of aromatic nitrogens is 1. The first-order chi connectivity index (χ1) is 8.97. The maximum atomic E-state index is 12.7. The molecular weight excluding hydrogens is 306 g/mol. The van der Waals surface area contributed by atoms with Crippen molar-refractivity contribution in [3.8, 4) is 11.6 Å². The van der Waals surface area contributed by atoms with E-state index < -0.39 is 41.7 Å². The van der Waals surface area contributed by atoms with Gasteiger partial charge in [0.2, 0.25) is 5.88 Å². The SMILES string of the molecule is COc1cnc(OC(F)(F)F)c(C(F)F)c1C(F)(F)F. The van der Waals surface area contributed by atoms with Crippen LogP contribution in [-0.4, -0.2) is 18.5 Å². The van der Waals surface area contributed by atoms with Gasteiger partial charge in [-0.15, -0.1) is 13.2 Å². The van der Waals surface area contributed by atoms with Gasteiger partial charge in [0, 0.05) is 0 Å². The van der Waals surface area contributed by atoms with Gasteiger partial charge in [0.15, 0.2) is 0 Å². The molecule has 0 amide bonds. The standard InChI is InChI=1S/C9H5F8NO2/c1-19-3-2-18-7(20-9(15,16)17)4(6(10)11)5(3)8(12,13)14/h2,6H,1H3. The topological polar surface area (TPSA) is 31.4 Å². The zero-order valence-electron chi connectivity index (χ0n) is 9.44. The minimum absolute atomic E-state index is 0.218. The van der Waals surface area contributed by atoms with Crippen LogP contribution >= 0.6 is 0 Å². The zero-order valence-corrected chi connectivity index (χ0v) is 9.44. The summed E-state index contributed by atoms with van der Waals surface area (Å²) in [5.41, 5.74) is -4.10. The molecule has 0 aliphatic rings. The highest BCUT2D eigenvalue weighted by atomic mass is 19.4. The fourth-order valence-electron chi connectivity index (χ4n) is 1.33. The van der Waals surface area contributed by atoms with E-state index in [0.29, 0.717) is 0 Å². The first kappa shape index (κ1) is 16.2. The largest absolute Gasteiger partial charge is 0.574 e.